The van der Waals surface area contributed by atoms with Crippen molar-refractivity contribution in [2.24, 2.45) is 0 Å². The molecule has 0 aliphatic rings. The standard InChI is InChI=1S/C26H29N9S/c1-26(2,3)24-27-25(36-19-23-17-34(32-29-23)15-21-12-8-5-9-13-21)30-35(24)18-22-16-33(31-28-22)14-20-10-6-4-7-11-20/h4-13,16-17H,14-15,18-19H2,1-3H3. The van der Waals surface area contributed by atoms with Crippen molar-refractivity contribution in [3.05, 3.63) is 101 Å². The lowest BCUT2D eigenvalue weighted by molar-refractivity contribution is 0.488. The van der Waals surface area contributed by atoms with Crippen LogP contribution in [-0.2, 0) is 30.8 Å². The molecule has 0 saturated heterocycles. The van der Waals surface area contributed by atoms with Gasteiger partial charge in [0.1, 0.15) is 11.5 Å². The molecule has 9 nitrogen and oxygen atoms in total. The number of nitrogens with zero attached hydrogens (tertiary/aromatic N) is 9. The molecule has 0 saturated carbocycles. The fourth-order valence-corrected chi connectivity index (χ4v) is 4.57. The Morgan fingerprint density at radius 3 is 1.86 bits per heavy atom. The van der Waals surface area contributed by atoms with Gasteiger partial charge in [0.2, 0.25) is 5.16 Å². The van der Waals surface area contributed by atoms with E-state index in [0.717, 1.165) is 17.2 Å². The van der Waals surface area contributed by atoms with Crippen molar-refractivity contribution < 1.29 is 0 Å². The molecule has 36 heavy (non-hydrogen) atoms. The Bertz CT molecular complexity index is 1400. The molecule has 0 bridgehead atoms. The summed E-state index contributed by atoms with van der Waals surface area (Å²) in [5.74, 6) is 1.56. The first-order chi connectivity index (χ1) is 17.4. The predicted molar refractivity (Wildman–Crippen MR) is 139 cm³/mol. The van der Waals surface area contributed by atoms with Gasteiger partial charge in [0, 0.05) is 17.4 Å². The van der Waals surface area contributed by atoms with E-state index in [2.05, 4.69) is 65.7 Å². The Hall–Kier alpha value is -3.79. The second-order valence-corrected chi connectivity index (χ2v) is 10.6. The second kappa shape index (κ2) is 10.4. The molecule has 0 aliphatic heterocycles. The Balaban J connectivity index is 1.25. The minimum Gasteiger partial charge on any atom is -0.248 e. The zero-order valence-electron chi connectivity index (χ0n) is 20.7. The van der Waals surface area contributed by atoms with E-state index in [0.29, 0.717) is 30.5 Å². The number of thioether (sulfide) groups is 1. The molecule has 0 N–H and O–H groups in total. The van der Waals surface area contributed by atoms with Crippen LogP contribution in [0.2, 0.25) is 0 Å². The molecule has 0 fully saturated rings. The quantitative estimate of drug-likeness (QED) is 0.281. The number of rotatable bonds is 9. The summed E-state index contributed by atoms with van der Waals surface area (Å²) in [6, 6.07) is 20.5. The highest BCUT2D eigenvalue weighted by Gasteiger charge is 2.24. The highest BCUT2D eigenvalue weighted by Crippen LogP contribution is 2.26. The van der Waals surface area contributed by atoms with Gasteiger partial charge in [-0.15, -0.1) is 15.3 Å². The van der Waals surface area contributed by atoms with Gasteiger partial charge in [0.05, 0.1) is 31.5 Å². The smallest absolute Gasteiger partial charge is 0.209 e. The lowest BCUT2D eigenvalue weighted by atomic mass is 9.96. The zero-order valence-corrected chi connectivity index (χ0v) is 21.5. The van der Waals surface area contributed by atoms with Crippen molar-refractivity contribution in [2.75, 3.05) is 0 Å². The van der Waals surface area contributed by atoms with Crippen molar-refractivity contribution in [3.8, 4) is 0 Å². The maximum absolute atomic E-state index is 4.85. The minimum atomic E-state index is -0.162. The number of aromatic nitrogens is 9. The lowest BCUT2D eigenvalue weighted by Crippen LogP contribution is -2.20. The van der Waals surface area contributed by atoms with Crippen LogP contribution in [0.4, 0.5) is 0 Å². The van der Waals surface area contributed by atoms with Crippen LogP contribution < -0.4 is 0 Å². The normalized spacial score (nSPS) is 11.8. The molecule has 2 aromatic carbocycles. The van der Waals surface area contributed by atoms with E-state index in [1.807, 2.05) is 62.8 Å². The van der Waals surface area contributed by atoms with E-state index in [9.17, 15) is 0 Å². The molecule has 0 aliphatic carbocycles. The third kappa shape index (κ3) is 6.06. The molecule has 184 valence electrons. The first-order valence-electron chi connectivity index (χ1n) is 11.9. The first-order valence-corrected chi connectivity index (χ1v) is 12.8. The molecule has 5 aromatic rings. The summed E-state index contributed by atoms with van der Waals surface area (Å²) in [5, 5.41) is 22.8. The summed E-state index contributed by atoms with van der Waals surface area (Å²) in [4.78, 5) is 4.85. The van der Waals surface area contributed by atoms with Gasteiger partial charge in [0.15, 0.2) is 0 Å². The van der Waals surface area contributed by atoms with E-state index in [1.54, 1.807) is 11.8 Å². The zero-order chi connectivity index (χ0) is 25.0. The highest BCUT2D eigenvalue weighted by molar-refractivity contribution is 7.98. The van der Waals surface area contributed by atoms with Crippen molar-refractivity contribution in [1.29, 1.82) is 0 Å². The van der Waals surface area contributed by atoms with E-state index in [4.69, 9.17) is 10.1 Å². The minimum absolute atomic E-state index is 0.162. The molecule has 10 heteroatoms. The molecule has 0 spiro atoms. The lowest BCUT2D eigenvalue weighted by Gasteiger charge is -2.17. The molecular formula is C26H29N9S. The van der Waals surface area contributed by atoms with Crippen molar-refractivity contribution in [2.45, 2.75) is 56.7 Å². The van der Waals surface area contributed by atoms with Gasteiger partial charge in [0.25, 0.3) is 0 Å². The molecule has 0 unspecified atom stereocenters. The Kier molecular flexibility index (Phi) is 6.95. The molecular weight excluding hydrogens is 470 g/mol. The fraction of sp³-hybridized carbons (Fsp3) is 0.308. The maximum Gasteiger partial charge on any atom is 0.209 e. The van der Waals surface area contributed by atoms with Crippen LogP contribution in [0, 0.1) is 0 Å². The van der Waals surface area contributed by atoms with Crippen LogP contribution in [-0.4, -0.2) is 44.8 Å². The van der Waals surface area contributed by atoms with Gasteiger partial charge in [-0.1, -0.05) is 104 Å². The number of hydrogen-bond donors (Lipinski definition) is 0. The maximum atomic E-state index is 4.85. The molecule has 3 heterocycles. The average Bonchev–Trinajstić information content (AvgIpc) is 3.60. The third-order valence-electron chi connectivity index (χ3n) is 5.53. The largest absolute Gasteiger partial charge is 0.248 e. The van der Waals surface area contributed by atoms with Gasteiger partial charge in [-0.05, 0) is 11.1 Å². The molecule has 3 aromatic heterocycles. The van der Waals surface area contributed by atoms with E-state index in [1.165, 1.54) is 11.1 Å². The molecule has 0 atom stereocenters. The van der Waals surface area contributed by atoms with E-state index >= 15 is 0 Å². The van der Waals surface area contributed by atoms with Gasteiger partial charge in [-0.25, -0.2) is 19.0 Å². The summed E-state index contributed by atoms with van der Waals surface area (Å²) >= 11 is 1.56. The summed E-state index contributed by atoms with van der Waals surface area (Å²) in [6.07, 6.45) is 3.95. The SMILES string of the molecule is CC(C)(C)c1nc(SCc2cn(Cc3ccccc3)nn2)nn1Cc1cn(Cc2ccccc2)nn1. The van der Waals surface area contributed by atoms with Gasteiger partial charge < -0.3 is 0 Å². The second-order valence-electron chi connectivity index (χ2n) is 9.70. The van der Waals surface area contributed by atoms with Crippen molar-refractivity contribution in [1.82, 2.24) is 44.8 Å². The van der Waals surface area contributed by atoms with Crippen molar-refractivity contribution in [3.63, 3.8) is 0 Å². The van der Waals surface area contributed by atoms with Gasteiger partial charge >= 0.3 is 0 Å². The average molecular weight is 500 g/mol. The summed E-state index contributed by atoms with van der Waals surface area (Å²) in [6.45, 7) is 8.33. The number of hydrogen-bond acceptors (Lipinski definition) is 7. The highest BCUT2D eigenvalue weighted by atomic mass is 32.2. The van der Waals surface area contributed by atoms with E-state index in [-0.39, 0.29) is 5.41 Å². The third-order valence-corrected chi connectivity index (χ3v) is 6.40. The number of benzene rings is 2. The van der Waals surface area contributed by atoms with Crippen LogP contribution in [0.1, 0.15) is 49.1 Å². The molecule has 5 rings (SSSR count). The fourth-order valence-electron chi connectivity index (χ4n) is 3.85. The summed E-state index contributed by atoms with van der Waals surface area (Å²) < 4.78 is 5.65. The predicted octanol–water partition coefficient (Wildman–Crippen LogP) is 4.20. The van der Waals surface area contributed by atoms with Crippen LogP contribution in [0.5, 0.6) is 0 Å². The van der Waals surface area contributed by atoms with Gasteiger partial charge in [-0.3, -0.25) is 0 Å². The Morgan fingerprint density at radius 1 is 0.722 bits per heavy atom. The topological polar surface area (TPSA) is 92.1 Å². The van der Waals surface area contributed by atoms with Crippen LogP contribution in [0.3, 0.4) is 0 Å². The monoisotopic (exact) mass is 499 g/mol. The van der Waals surface area contributed by atoms with E-state index < -0.39 is 0 Å². The van der Waals surface area contributed by atoms with Crippen LogP contribution >= 0.6 is 11.8 Å². The first kappa shape index (κ1) is 23.9. The summed E-state index contributed by atoms with van der Waals surface area (Å²) in [7, 11) is 0. The summed E-state index contributed by atoms with van der Waals surface area (Å²) in [5.41, 5.74) is 3.96. The van der Waals surface area contributed by atoms with Crippen molar-refractivity contribution >= 4 is 11.8 Å². The van der Waals surface area contributed by atoms with Gasteiger partial charge in [-0.2, -0.15) is 0 Å². The Labute approximate surface area is 214 Å². The molecule has 0 radical (unpaired) electrons. The van der Waals surface area contributed by atoms with Crippen LogP contribution in [0.15, 0.2) is 78.2 Å². The van der Waals surface area contributed by atoms with Crippen LogP contribution in [0.25, 0.3) is 0 Å². The Morgan fingerprint density at radius 2 is 1.28 bits per heavy atom. The molecule has 0 amide bonds.